The van der Waals surface area contributed by atoms with Gasteiger partial charge in [0.25, 0.3) is 0 Å². The van der Waals surface area contributed by atoms with Crippen molar-refractivity contribution in [1.82, 2.24) is 10.4 Å². The molecule has 1 aromatic heterocycles. The quantitative estimate of drug-likeness (QED) is 0.434. The summed E-state index contributed by atoms with van der Waals surface area (Å²) < 4.78 is 0. The maximum absolute atomic E-state index is 5.49. The van der Waals surface area contributed by atoms with Gasteiger partial charge in [0.2, 0.25) is 0 Å². The predicted octanol–water partition coefficient (Wildman–Crippen LogP) is 1.86. The molecule has 3 nitrogen and oxygen atoms in total. The summed E-state index contributed by atoms with van der Waals surface area (Å²) in [4.78, 5) is 4.32. The molecule has 0 spiro atoms. The second-order valence-corrected chi connectivity index (χ2v) is 3.59. The van der Waals surface area contributed by atoms with Gasteiger partial charge >= 0.3 is 0 Å². The molecule has 3 heteroatoms. The Morgan fingerprint density at radius 1 is 1.71 bits per heavy atom. The number of hydrazine groups is 1. The highest BCUT2D eigenvalue weighted by molar-refractivity contribution is 5.22. The SMILES string of the molecule is C=C(C)CC(NN)c1ncccc1C. The first-order valence-electron chi connectivity index (χ1n) is 4.67. The number of rotatable bonds is 4. The van der Waals surface area contributed by atoms with E-state index in [4.69, 9.17) is 5.84 Å². The number of hydrogen-bond acceptors (Lipinski definition) is 3. The number of aryl methyl sites for hydroxylation is 1. The van der Waals surface area contributed by atoms with Crippen LogP contribution in [0, 0.1) is 6.92 Å². The average Bonchev–Trinajstić information content (AvgIpc) is 2.15. The first-order valence-corrected chi connectivity index (χ1v) is 4.67. The average molecular weight is 191 g/mol. The number of nitrogens with zero attached hydrogens (tertiary/aromatic N) is 1. The summed E-state index contributed by atoms with van der Waals surface area (Å²) in [6, 6.07) is 4.02. The lowest BCUT2D eigenvalue weighted by Crippen LogP contribution is -2.29. The summed E-state index contributed by atoms with van der Waals surface area (Å²) >= 11 is 0. The smallest absolute Gasteiger partial charge is 0.0671 e. The van der Waals surface area contributed by atoms with Crippen LogP contribution in [-0.4, -0.2) is 4.98 Å². The minimum absolute atomic E-state index is 0.0636. The maximum atomic E-state index is 5.49. The van der Waals surface area contributed by atoms with Gasteiger partial charge in [-0.05, 0) is 31.9 Å². The van der Waals surface area contributed by atoms with Crippen LogP contribution in [0.2, 0.25) is 0 Å². The number of nitrogens with one attached hydrogen (secondary N) is 1. The molecule has 1 atom stereocenters. The number of hydrogen-bond donors (Lipinski definition) is 2. The monoisotopic (exact) mass is 191 g/mol. The van der Waals surface area contributed by atoms with Crippen molar-refractivity contribution in [1.29, 1.82) is 0 Å². The summed E-state index contributed by atoms with van der Waals surface area (Å²) in [5.41, 5.74) is 6.01. The Balaban J connectivity index is 2.89. The van der Waals surface area contributed by atoms with Crippen LogP contribution in [0.4, 0.5) is 0 Å². The molecule has 1 aromatic rings. The molecule has 0 aliphatic rings. The topological polar surface area (TPSA) is 50.9 Å². The zero-order chi connectivity index (χ0) is 10.6. The molecule has 3 N–H and O–H groups in total. The third kappa shape index (κ3) is 2.65. The first-order chi connectivity index (χ1) is 6.65. The summed E-state index contributed by atoms with van der Waals surface area (Å²) in [6.07, 6.45) is 2.60. The Hall–Kier alpha value is -1.19. The highest BCUT2D eigenvalue weighted by Crippen LogP contribution is 2.19. The van der Waals surface area contributed by atoms with Crippen LogP contribution < -0.4 is 11.3 Å². The summed E-state index contributed by atoms with van der Waals surface area (Å²) in [5.74, 6) is 5.49. The van der Waals surface area contributed by atoms with Crippen LogP contribution in [-0.2, 0) is 0 Å². The molecule has 0 saturated heterocycles. The van der Waals surface area contributed by atoms with E-state index in [1.807, 2.05) is 26.0 Å². The van der Waals surface area contributed by atoms with Gasteiger partial charge in [0, 0.05) is 6.20 Å². The van der Waals surface area contributed by atoms with Crippen molar-refractivity contribution in [3.63, 3.8) is 0 Å². The fourth-order valence-electron chi connectivity index (χ4n) is 1.45. The van der Waals surface area contributed by atoms with Crippen molar-refractivity contribution in [3.05, 3.63) is 41.7 Å². The number of nitrogens with two attached hydrogens (primary N) is 1. The summed E-state index contributed by atoms with van der Waals surface area (Å²) in [5, 5.41) is 0. The fraction of sp³-hybridized carbons (Fsp3) is 0.364. The molecule has 0 fully saturated rings. The number of pyridine rings is 1. The molecule has 0 saturated carbocycles. The van der Waals surface area contributed by atoms with E-state index in [0.717, 1.165) is 23.3 Å². The molecule has 0 radical (unpaired) electrons. The Bertz CT molecular complexity index is 320. The molecular weight excluding hydrogens is 174 g/mol. The zero-order valence-corrected chi connectivity index (χ0v) is 8.75. The normalized spacial score (nSPS) is 12.5. The maximum Gasteiger partial charge on any atom is 0.0671 e. The van der Waals surface area contributed by atoms with Crippen LogP contribution >= 0.6 is 0 Å². The largest absolute Gasteiger partial charge is 0.271 e. The zero-order valence-electron chi connectivity index (χ0n) is 8.75. The van der Waals surface area contributed by atoms with Crippen molar-refractivity contribution in [3.8, 4) is 0 Å². The molecule has 1 unspecified atom stereocenters. The van der Waals surface area contributed by atoms with Crippen molar-refractivity contribution >= 4 is 0 Å². The van der Waals surface area contributed by atoms with Gasteiger partial charge in [-0.15, -0.1) is 6.58 Å². The highest BCUT2D eigenvalue weighted by atomic mass is 15.2. The molecular formula is C11H17N3. The molecule has 14 heavy (non-hydrogen) atoms. The van der Waals surface area contributed by atoms with E-state index in [0.29, 0.717) is 0 Å². The van der Waals surface area contributed by atoms with Crippen molar-refractivity contribution in [2.24, 2.45) is 5.84 Å². The molecule has 0 bridgehead atoms. The molecule has 1 rings (SSSR count). The van der Waals surface area contributed by atoms with E-state index in [-0.39, 0.29) is 6.04 Å². The molecule has 0 aliphatic heterocycles. The van der Waals surface area contributed by atoms with Gasteiger partial charge in [0.1, 0.15) is 0 Å². The Morgan fingerprint density at radius 3 is 2.93 bits per heavy atom. The van der Waals surface area contributed by atoms with Crippen molar-refractivity contribution in [2.45, 2.75) is 26.3 Å². The van der Waals surface area contributed by atoms with Gasteiger partial charge in [-0.1, -0.05) is 11.6 Å². The molecule has 76 valence electrons. The van der Waals surface area contributed by atoms with Crippen molar-refractivity contribution in [2.75, 3.05) is 0 Å². The first kappa shape index (κ1) is 10.9. The third-order valence-corrected chi connectivity index (χ3v) is 2.13. The van der Waals surface area contributed by atoms with E-state index in [2.05, 4.69) is 17.0 Å². The molecule has 0 aliphatic carbocycles. The predicted molar refractivity (Wildman–Crippen MR) is 58.5 cm³/mol. The molecule has 1 heterocycles. The number of aromatic nitrogens is 1. The van der Waals surface area contributed by atoms with Crippen molar-refractivity contribution < 1.29 is 0 Å². The fourth-order valence-corrected chi connectivity index (χ4v) is 1.45. The summed E-state index contributed by atoms with van der Waals surface area (Å²) in [7, 11) is 0. The molecule has 0 aromatic carbocycles. The van der Waals surface area contributed by atoms with Crippen LogP contribution in [0.5, 0.6) is 0 Å². The molecule has 0 amide bonds. The standard InChI is InChI=1S/C11H17N3/c1-8(2)7-10(14-12)11-9(3)5-4-6-13-11/h4-6,10,14H,1,7,12H2,2-3H3. The van der Waals surface area contributed by atoms with Crippen LogP contribution in [0.15, 0.2) is 30.5 Å². The Morgan fingerprint density at radius 2 is 2.43 bits per heavy atom. The van der Waals surface area contributed by atoms with Crippen LogP contribution in [0.3, 0.4) is 0 Å². The van der Waals surface area contributed by atoms with Crippen LogP contribution in [0.25, 0.3) is 0 Å². The van der Waals surface area contributed by atoms with E-state index in [1.165, 1.54) is 0 Å². The van der Waals surface area contributed by atoms with E-state index in [9.17, 15) is 0 Å². The lowest BCUT2D eigenvalue weighted by Gasteiger charge is -2.16. The van der Waals surface area contributed by atoms with E-state index >= 15 is 0 Å². The second-order valence-electron chi connectivity index (χ2n) is 3.59. The van der Waals surface area contributed by atoms with Gasteiger partial charge in [-0.3, -0.25) is 16.3 Å². The van der Waals surface area contributed by atoms with Crippen LogP contribution in [0.1, 0.15) is 30.6 Å². The van der Waals surface area contributed by atoms with E-state index in [1.54, 1.807) is 6.20 Å². The summed E-state index contributed by atoms with van der Waals surface area (Å²) in [6.45, 7) is 7.90. The van der Waals surface area contributed by atoms with Gasteiger partial charge in [-0.25, -0.2) is 0 Å². The minimum atomic E-state index is 0.0636. The Kier molecular flexibility index (Phi) is 3.80. The van der Waals surface area contributed by atoms with Gasteiger partial charge < -0.3 is 0 Å². The second kappa shape index (κ2) is 4.88. The van der Waals surface area contributed by atoms with Gasteiger partial charge in [-0.2, -0.15) is 0 Å². The third-order valence-electron chi connectivity index (χ3n) is 2.13. The lowest BCUT2D eigenvalue weighted by atomic mass is 10.0. The van der Waals surface area contributed by atoms with Gasteiger partial charge in [0.05, 0.1) is 11.7 Å². The Labute approximate surface area is 85.0 Å². The van der Waals surface area contributed by atoms with Gasteiger partial charge in [0.15, 0.2) is 0 Å². The highest BCUT2D eigenvalue weighted by Gasteiger charge is 2.12. The minimum Gasteiger partial charge on any atom is -0.271 e. The lowest BCUT2D eigenvalue weighted by molar-refractivity contribution is 0.534. The van der Waals surface area contributed by atoms with E-state index < -0.39 is 0 Å².